The number of carbonyl (C=O) groups excluding carboxylic acids is 3. The maximum absolute atomic E-state index is 13.3. The summed E-state index contributed by atoms with van der Waals surface area (Å²) < 4.78 is 13.1. The summed E-state index contributed by atoms with van der Waals surface area (Å²) in [4.78, 5) is 49.2. The van der Waals surface area contributed by atoms with Crippen LogP contribution in [0.5, 0.6) is 0 Å². The first-order chi connectivity index (χ1) is 23.7. The van der Waals surface area contributed by atoms with Crippen LogP contribution in [0.2, 0.25) is 0 Å². The van der Waals surface area contributed by atoms with Crippen molar-refractivity contribution in [1.82, 2.24) is 24.7 Å². The highest BCUT2D eigenvalue weighted by Gasteiger charge is 2.50. The minimum Gasteiger partial charge on any atom is -0.378 e. The maximum atomic E-state index is 13.3. The van der Waals surface area contributed by atoms with Gasteiger partial charge in [-0.05, 0) is 59.7 Å². The van der Waals surface area contributed by atoms with Crippen LogP contribution in [0, 0.1) is 0 Å². The zero-order chi connectivity index (χ0) is 34.1. The lowest BCUT2D eigenvalue weighted by atomic mass is 9.88. The second-order valence-corrected chi connectivity index (χ2v) is 13.1. The number of methoxy groups -OCH3 is 1. The summed E-state index contributed by atoms with van der Waals surface area (Å²) in [6.45, 7) is 5.14. The minimum atomic E-state index is -0.355. The van der Waals surface area contributed by atoms with Gasteiger partial charge in [0.1, 0.15) is 5.54 Å². The predicted molar refractivity (Wildman–Crippen MR) is 185 cm³/mol. The molecule has 1 spiro atoms. The van der Waals surface area contributed by atoms with E-state index >= 15 is 0 Å². The van der Waals surface area contributed by atoms with Crippen molar-refractivity contribution in [3.63, 3.8) is 0 Å². The topological polar surface area (TPSA) is 121 Å². The second kappa shape index (κ2) is 13.5. The number of nitrogens with one attached hydrogen (secondary N) is 2. The summed E-state index contributed by atoms with van der Waals surface area (Å²) >= 11 is 0. The lowest BCUT2D eigenvalue weighted by Gasteiger charge is -2.52. The molecule has 49 heavy (non-hydrogen) atoms. The van der Waals surface area contributed by atoms with Crippen LogP contribution in [-0.4, -0.2) is 97.2 Å². The largest absolute Gasteiger partial charge is 0.378 e. The molecule has 2 saturated heterocycles. The van der Waals surface area contributed by atoms with Gasteiger partial charge in [0, 0.05) is 83.0 Å². The molecule has 254 valence electrons. The number of fused-ring (bicyclic) bond motifs is 2. The van der Waals surface area contributed by atoms with Crippen LogP contribution in [0.3, 0.4) is 0 Å². The number of hydrogen-bond acceptors (Lipinski definition) is 8. The molecule has 4 heterocycles. The number of amides is 3. The molecule has 4 aromatic rings. The van der Waals surface area contributed by atoms with Crippen LogP contribution in [0.4, 0.5) is 11.4 Å². The van der Waals surface area contributed by atoms with Gasteiger partial charge in [-0.25, -0.2) is 4.98 Å². The SMILES string of the molecule is COC1CN(c2ccc(C(=O)Nc3ccc(CNC(=O)c4ncc5n4CCN(Cc4ccc(C(=O)N(C)C)cc4)C54COC4)cc3)cc2)C1. The standard InChI is InChI=1S/C37H41N7O5/c1-41(2)36(47)28-8-4-26(5-9-28)20-43-16-17-44-32(37(43)23-49-24-37)19-38-33(44)35(46)39-18-25-6-12-29(13-7-25)40-34(45)27-10-14-30(15-11-27)42-21-31(22-42)48-3/h4-15,19,31H,16-18,20-24H2,1-3H3,(H,39,46)(H,40,45). The number of anilines is 2. The van der Waals surface area contributed by atoms with Crippen molar-refractivity contribution in [1.29, 1.82) is 0 Å². The van der Waals surface area contributed by atoms with E-state index in [2.05, 4.69) is 25.4 Å². The Kier molecular flexibility index (Phi) is 8.93. The van der Waals surface area contributed by atoms with E-state index in [0.717, 1.165) is 42.1 Å². The van der Waals surface area contributed by atoms with Crippen LogP contribution in [0.15, 0.2) is 79.0 Å². The van der Waals surface area contributed by atoms with Crippen molar-refractivity contribution in [3.8, 4) is 0 Å². The molecule has 0 bridgehead atoms. The summed E-state index contributed by atoms with van der Waals surface area (Å²) in [5, 5.41) is 5.95. The smallest absolute Gasteiger partial charge is 0.287 e. The fraction of sp³-hybridized carbons (Fsp3) is 0.351. The third-order valence-electron chi connectivity index (χ3n) is 9.74. The molecule has 12 heteroatoms. The number of hydrogen-bond donors (Lipinski definition) is 2. The number of aromatic nitrogens is 2. The number of ether oxygens (including phenoxy) is 2. The molecule has 2 N–H and O–H groups in total. The van der Waals surface area contributed by atoms with Crippen molar-refractivity contribution in [3.05, 3.63) is 113 Å². The summed E-state index contributed by atoms with van der Waals surface area (Å²) in [5.41, 5.74) is 5.62. The Balaban J connectivity index is 0.936. The third-order valence-corrected chi connectivity index (χ3v) is 9.74. The lowest BCUT2D eigenvalue weighted by molar-refractivity contribution is -0.162. The van der Waals surface area contributed by atoms with E-state index in [1.54, 1.807) is 32.3 Å². The number of imidazole rings is 1. The fourth-order valence-corrected chi connectivity index (χ4v) is 6.63. The van der Waals surface area contributed by atoms with E-state index in [0.29, 0.717) is 55.5 Å². The molecule has 12 nitrogen and oxygen atoms in total. The molecule has 0 saturated carbocycles. The van der Waals surface area contributed by atoms with E-state index in [-0.39, 0.29) is 29.4 Å². The Morgan fingerprint density at radius 1 is 0.898 bits per heavy atom. The lowest BCUT2D eigenvalue weighted by Crippen LogP contribution is -2.63. The molecule has 0 aliphatic carbocycles. The molecule has 3 amide bonds. The summed E-state index contributed by atoms with van der Waals surface area (Å²) in [5.74, 6) is -0.0636. The van der Waals surface area contributed by atoms with Crippen molar-refractivity contribution in [2.24, 2.45) is 0 Å². The maximum Gasteiger partial charge on any atom is 0.287 e. The number of carbonyl (C=O) groups is 3. The first-order valence-electron chi connectivity index (χ1n) is 16.5. The van der Waals surface area contributed by atoms with Crippen molar-refractivity contribution in [2.75, 3.05) is 64.3 Å². The molecule has 0 unspecified atom stereocenters. The van der Waals surface area contributed by atoms with Gasteiger partial charge in [0.25, 0.3) is 17.7 Å². The molecule has 3 aliphatic rings. The van der Waals surface area contributed by atoms with Gasteiger partial charge in [0.2, 0.25) is 0 Å². The third kappa shape index (κ3) is 6.42. The first kappa shape index (κ1) is 32.5. The highest BCUT2D eigenvalue weighted by atomic mass is 16.5. The molecule has 2 fully saturated rings. The van der Waals surface area contributed by atoms with Crippen molar-refractivity contribution >= 4 is 29.1 Å². The van der Waals surface area contributed by atoms with Gasteiger partial charge < -0.3 is 34.5 Å². The highest BCUT2D eigenvalue weighted by Crippen LogP contribution is 2.40. The molecule has 0 atom stereocenters. The molecular formula is C37H41N7O5. The summed E-state index contributed by atoms with van der Waals surface area (Å²) in [7, 11) is 5.22. The van der Waals surface area contributed by atoms with Crippen LogP contribution < -0.4 is 15.5 Å². The Morgan fingerprint density at radius 3 is 2.20 bits per heavy atom. The van der Waals surface area contributed by atoms with Gasteiger partial charge in [-0.15, -0.1) is 0 Å². The first-order valence-corrected chi connectivity index (χ1v) is 16.5. The van der Waals surface area contributed by atoms with Gasteiger partial charge in [0.05, 0.1) is 31.2 Å². The van der Waals surface area contributed by atoms with Gasteiger partial charge in [0.15, 0.2) is 5.82 Å². The Hall–Kier alpha value is -5.04. The van der Waals surface area contributed by atoms with Crippen LogP contribution in [0.25, 0.3) is 0 Å². The average Bonchev–Trinajstić information content (AvgIpc) is 3.51. The average molecular weight is 664 g/mol. The molecular weight excluding hydrogens is 622 g/mol. The number of benzene rings is 3. The van der Waals surface area contributed by atoms with Crippen molar-refractivity contribution in [2.45, 2.75) is 31.3 Å². The quantitative estimate of drug-likeness (QED) is 0.265. The Bertz CT molecular complexity index is 1830. The molecule has 0 radical (unpaired) electrons. The van der Waals surface area contributed by atoms with Gasteiger partial charge in [-0.2, -0.15) is 0 Å². The van der Waals surface area contributed by atoms with E-state index in [1.165, 1.54) is 0 Å². The van der Waals surface area contributed by atoms with Crippen LogP contribution in [0.1, 0.15) is 48.2 Å². The Morgan fingerprint density at radius 2 is 1.57 bits per heavy atom. The molecule has 3 aliphatic heterocycles. The van der Waals surface area contributed by atoms with Crippen molar-refractivity contribution < 1.29 is 23.9 Å². The molecule has 3 aromatic carbocycles. The number of rotatable bonds is 10. The van der Waals surface area contributed by atoms with E-state index in [4.69, 9.17) is 9.47 Å². The normalized spacial score (nSPS) is 16.8. The minimum absolute atomic E-state index is 0.0226. The second-order valence-electron chi connectivity index (χ2n) is 13.1. The van der Waals surface area contributed by atoms with Crippen LogP contribution >= 0.6 is 0 Å². The summed E-state index contributed by atoms with van der Waals surface area (Å²) in [6.07, 6.45) is 2.07. The summed E-state index contributed by atoms with van der Waals surface area (Å²) in [6, 6.07) is 22.7. The van der Waals surface area contributed by atoms with E-state index in [1.807, 2.05) is 77.4 Å². The van der Waals surface area contributed by atoms with Gasteiger partial charge in [-0.1, -0.05) is 24.3 Å². The molecule has 1 aromatic heterocycles. The van der Waals surface area contributed by atoms with Gasteiger partial charge in [-0.3, -0.25) is 19.3 Å². The fourth-order valence-electron chi connectivity index (χ4n) is 6.63. The molecule has 7 rings (SSSR count). The monoisotopic (exact) mass is 663 g/mol. The van der Waals surface area contributed by atoms with Gasteiger partial charge >= 0.3 is 0 Å². The zero-order valence-corrected chi connectivity index (χ0v) is 28.0. The zero-order valence-electron chi connectivity index (χ0n) is 28.0. The highest BCUT2D eigenvalue weighted by molar-refractivity contribution is 6.04. The Labute approximate surface area is 285 Å². The number of nitrogens with zero attached hydrogens (tertiary/aromatic N) is 5. The van der Waals surface area contributed by atoms with E-state index < -0.39 is 0 Å². The predicted octanol–water partition coefficient (Wildman–Crippen LogP) is 3.34. The van der Waals surface area contributed by atoms with E-state index in [9.17, 15) is 14.4 Å². The van der Waals surface area contributed by atoms with Crippen LogP contribution in [-0.2, 0) is 34.6 Å².